The molecule has 1 aromatic carbocycles. The van der Waals surface area contributed by atoms with E-state index in [-0.39, 0.29) is 18.1 Å². The van der Waals surface area contributed by atoms with Crippen LogP contribution in [0.1, 0.15) is 32.3 Å². The number of phenolic OH excluding ortho intramolecular Hbond substituents is 1. The van der Waals surface area contributed by atoms with Crippen molar-refractivity contribution in [1.29, 1.82) is 0 Å². The fraction of sp³-hybridized carbons (Fsp3) is 0.476. The predicted octanol–water partition coefficient (Wildman–Crippen LogP) is -1.05. The van der Waals surface area contributed by atoms with Crippen molar-refractivity contribution in [2.75, 3.05) is 6.54 Å². The number of carbonyl (C=O) groups excluding carboxylic acids is 3. The number of benzene rings is 1. The molecule has 12 heteroatoms. The molecule has 0 fully saturated rings. The Morgan fingerprint density at radius 1 is 1.00 bits per heavy atom. The van der Waals surface area contributed by atoms with Gasteiger partial charge < -0.3 is 37.0 Å². The van der Waals surface area contributed by atoms with E-state index in [1.54, 1.807) is 13.8 Å². The first-order valence-corrected chi connectivity index (χ1v) is 10.3. The summed E-state index contributed by atoms with van der Waals surface area (Å²) in [4.78, 5) is 59.2. The third kappa shape index (κ3) is 9.56. The van der Waals surface area contributed by atoms with Crippen LogP contribution in [0.25, 0.3) is 0 Å². The Bertz CT molecular complexity index is 858. The summed E-state index contributed by atoms with van der Waals surface area (Å²) >= 11 is 0. The lowest BCUT2D eigenvalue weighted by molar-refractivity contribution is -0.143. The van der Waals surface area contributed by atoms with Crippen molar-refractivity contribution in [3.05, 3.63) is 29.8 Å². The number of aliphatic carboxylic acids is 2. The molecule has 0 aliphatic rings. The molecular formula is C21H30N4O8. The first-order chi connectivity index (χ1) is 15.4. The van der Waals surface area contributed by atoms with E-state index < -0.39 is 60.8 Å². The van der Waals surface area contributed by atoms with E-state index in [2.05, 4.69) is 16.0 Å². The van der Waals surface area contributed by atoms with Gasteiger partial charge in [0, 0.05) is 6.42 Å². The minimum atomic E-state index is -1.35. The molecule has 0 heterocycles. The van der Waals surface area contributed by atoms with Crippen LogP contribution in [-0.2, 0) is 30.4 Å². The zero-order valence-corrected chi connectivity index (χ0v) is 18.4. The van der Waals surface area contributed by atoms with Crippen molar-refractivity contribution < 1.29 is 39.3 Å². The van der Waals surface area contributed by atoms with Crippen LogP contribution in [0, 0.1) is 5.92 Å². The molecule has 4 atom stereocenters. The maximum atomic E-state index is 12.8. The zero-order valence-electron chi connectivity index (χ0n) is 18.4. The van der Waals surface area contributed by atoms with Crippen LogP contribution in [0.2, 0.25) is 0 Å². The molecule has 4 unspecified atom stereocenters. The maximum absolute atomic E-state index is 12.8. The van der Waals surface area contributed by atoms with Gasteiger partial charge in [0.2, 0.25) is 17.7 Å². The molecule has 8 N–H and O–H groups in total. The van der Waals surface area contributed by atoms with Crippen molar-refractivity contribution in [2.45, 2.75) is 51.2 Å². The SMILES string of the molecule is CCC(C)C(NC(=O)C(Cc1ccc(O)cc1)NC(=O)CNC(=O)C(N)CC(=O)O)C(=O)O. The molecule has 0 aliphatic carbocycles. The summed E-state index contributed by atoms with van der Waals surface area (Å²) in [6.45, 7) is 2.88. The van der Waals surface area contributed by atoms with E-state index in [0.717, 1.165) is 0 Å². The Morgan fingerprint density at radius 3 is 2.12 bits per heavy atom. The Balaban J connectivity index is 2.91. The van der Waals surface area contributed by atoms with Crippen molar-refractivity contribution in [1.82, 2.24) is 16.0 Å². The van der Waals surface area contributed by atoms with Crippen LogP contribution in [0.5, 0.6) is 5.75 Å². The Labute approximate surface area is 190 Å². The summed E-state index contributed by atoms with van der Waals surface area (Å²) in [7, 11) is 0. The summed E-state index contributed by atoms with van der Waals surface area (Å²) in [5.41, 5.74) is 6.01. The summed E-state index contributed by atoms with van der Waals surface area (Å²) in [6.07, 6.45) is -0.141. The monoisotopic (exact) mass is 466 g/mol. The first kappa shape index (κ1) is 27.4. The number of nitrogens with two attached hydrogens (primary N) is 1. The van der Waals surface area contributed by atoms with Gasteiger partial charge in [-0.15, -0.1) is 0 Å². The fourth-order valence-corrected chi connectivity index (χ4v) is 2.84. The smallest absolute Gasteiger partial charge is 0.326 e. The van der Waals surface area contributed by atoms with Crippen molar-refractivity contribution >= 4 is 29.7 Å². The third-order valence-corrected chi connectivity index (χ3v) is 4.96. The zero-order chi connectivity index (χ0) is 25.1. The van der Waals surface area contributed by atoms with E-state index in [4.69, 9.17) is 10.8 Å². The van der Waals surface area contributed by atoms with Gasteiger partial charge in [0.1, 0.15) is 17.8 Å². The summed E-state index contributed by atoms with van der Waals surface area (Å²) in [5, 5.41) is 34.6. The lowest BCUT2D eigenvalue weighted by atomic mass is 9.98. The van der Waals surface area contributed by atoms with Crippen LogP contribution in [0.3, 0.4) is 0 Å². The lowest BCUT2D eigenvalue weighted by Gasteiger charge is -2.24. The van der Waals surface area contributed by atoms with Gasteiger partial charge in [-0.2, -0.15) is 0 Å². The highest BCUT2D eigenvalue weighted by molar-refractivity contribution is 5.93. The minimum absolute atomic E-state index is 0.00640. The molecule has 33 heavy (non-hydrogen) atoms. The van der Waals surface area contributed by atoms with Gasteiger partial charge in [-0.25, -0.2) is 4.79 Å². The van der Waals surface area contributed by atoms with Crippen LogP contribution >= 0.6 is 0 Å². The van der Waals surface area contributed by atoms with E-state index >= 15 is 0 Å². The topological polar surface area (TPSA) is 208 Å². The second-order valence-corrected chi connectivity index (χ2v) is 7.62. The number of carbonyl (C=O) groups is 5. The Kier molecular flexibility index (Phi) is 10.8. The molecule has 1 rings (SSSR count). The largest absolute Gasteiger partial charge is 0.508 e. The van der Waals surface area contributed by atoms with Gasteiger partial charge in [0.15, 0.2) is 0 Å². The quantitative estimate of drug-likeness (QED) is 0.189. The van der Waals surface area contributed by atoms with Crippen LogP contribution in [0.4, 0.5) is 0 Å². The van der Waals surface area contributed by atoms with E-state index in [1.165, 1.54) is 24.3 Å². The minimum Gasteiger partial charge on any atom is -0.508 e. The van der Waals surface area contributed by atoms with Crippen molar-refractivity contribution in [3.8, 4) is 5.75 Å². The number of amides is 3. The molecule has 182 valence electrons. The standard InChI is InChI=1S/C21H30N4O8/c1-3-11(2)18(21(32)33)25-20(31)15(8-12-4-6-13(26)7-5-12)24-16(27)10-23-19(30)14(22)9-17(28)29/h4-7,11,14-15,18,26H,3,8-10,22H2,1-2H3,(H,23,30)(H,24,27)(H,25,31)(H,28,29)(H,32,33). The highest BCUT2D eigenvalue weighted by Crippen LogP contribution is 2.13. The van der Waals surface area contributed by atoms with Gasteiger partial charge in [-0.3, -0.25) is 19.2 Å². The van der Waals surface area contributed by atoms with Gasteiger partial charge in [-0.05, 0) is 23.6 Å². The molecule has 0 bridgehead atoms. The highest BCUT2D eigenvalue weighted by atomic mass is 16.4. The molecular weight excluding hydrogens is 436 g/mol. The second-order valence-electron chi connectivity index (χ2n) is 7.62. The number of rotatable bonds is 13. The first-order valence-electron chi connectivity index (χ1n) is 10.3. The average molecular weight is 466 g/mol. The summed E-state index contributed by atoms with van der Waals surface area (Å²) < 4.78 is 0. The van der Waals surface area contributed by atoms with E-state index in [0.29, 0.717) is 12.0 Å². The van der Waals surface area contributed by atoms with Crippen molar-refractivity contribution in [2.24, 2.45) is 11.7 Å². The normalized spacial score (nSPS) is 14.3. The van der Waals surface area contributed by atoms with Gasteiger partial charge in [-0.1, -0.05) is 32.4 Å². The third-order valence-electron chi connectivity index (χ3n) is 4.96. The second kappa shape index (κ2) is 13.0. The Morgan fingerprint density at radius 2 is 1.61 bits per heavy atom. The predicted molar refractivity (Wildman–Crippen MR) is 116 cm³/mol. The molecule has 0 saturated heterocycles. The molecule has 0 aromatic heterocycles. The number of hydrogen-bond acceptors (Lipinski definition) is 7. The van der Waals surface area contributed by atoms with Crippen LogP contribution in [-0.4, -0.2) is 69.7 Å². The molecule has 0 saturated carbocycles. The Hall–Kier alpha value is -3.67. The van der Waals surface area contributed by atoms with Crippen molar-refractivity contribution in [3.63, 3.8) is 0 Å². The lowest BCUT2D eigenvalue weighted by Crippen LogP contribution is -2.55. The maximum Gasteiger partial charge on any atom is 0.326 e. The average Bonchev–Trinajstić information content (AvgIpc) is 2.75. The van der Waals surface area contributed by atoms with E-state index in [9.17, 15) is 34.2 Å². The molecule has 1 aromatic rings. The molecule has 12 nitrogen and oxygen atoms in total. The molecule has 0 radical (unpaired) electrons. The number of hydrogen-bond donors (Lipinski definition) is 7. The number of nitrogens with one attached hydrogen (secondary N) is 3. The summed E-state index contributed by atoms with van der Waals surface area (Å²) in [5.74, 6) is -5.21. The van der Waals surface area contributed by atoms with Gasteiger partial charge >= 0.3 is 11.9 Å². The number of carboxylic acid groups (broad SMARTS) is 2. The van der Waals surface area contributed by atoms with Gasteiger partial charge in [0.05, 0.1) is 19.0 Å². The fourth-order valence-electron chi connectivity index (χ4n) is 2.84. The van der Waals surface area contributed by atoms with Crippen LogP contribution < -0.4 is 21.7 Å². The molecule has 3 amide bonds. The van der Waals surface area contributed by atoms with E-state index in [1.807, 2.05) is 0 Å². The number of carboxylic acids is 2. The number of phenols is 1. The van der Waals surface area contributed by atoms with Gasteiger partial charge in [0.25, 0.3) is 0 Å². The number of aromatic hydroxyl groups is 1. The molecule has 0 spiro atoms. The highest BCUT2D eigenvalue weighted by Gasteiger charge is 2.30. The summed E-state index contributed by atoms with van der Waals surface area (Å²) in [6, 6.07) is 2.17. The van der Waals surface area contributed by atoms with Crippen LogP contribution in [0.15, 0.2) is 24.3 Å². The molecule has 0 aliphatic heterocycles.